The van der Waals surface area contributed by atoms with E-state index in [1.807, 2.05) is 0 Å². The van der Waals surface area contributed by atoms with E-state index in [0.717, 1.165) is 26.2 Å². The zero-order valence-electron chi connectivity index (χ0n) is 12.6. The maximum Gasteiger partial charge on any atom is 0.251 e. The fraction of sp³-hybridized carbons (Fsp3) is 0.467. The molecule has 0 spiro atoms. The standard InChI is InChI=1S/C15H22N4O2/c1-16-15(21)12-3-5-13(6-4-12)17-14(20)11-19-9-7-18(2)8-10-19/h3-6H,7-11H2,1-2H3,(H,16,21)(H,17,20). The zero-order chi connectivity index (χ0) is 15.2. The highest BCUT2D eigenvalue weighted by atomic mass is 16.2. The molecular weight excluding hydrogens is 268 g/mol. The predicted octanol–water partition coefficient (Wildman–Crippen LogP) is 0.232. The molecule has 2 N–H and O–H groups in total. The van der Waals surface area contributed by atoms with E-state index in [-0.39, 0.29) is 11.8 Å². The monoisotopic (exact) mass is 290 g/mol. The molecule has 114 valence electrons. The van der Waals surface area contributed by atoms with E-state index in [4.69, 9.17) is 0 Å². The minimum atomic E-state index is -0.134. The lowest BCUT2D eigenvalue weighted by atomic mass is 10.2. The van der Waals surface area contributed by atoms with E-state index in [0.29, 0.717) is 17.8 Å². The van der Waals surface area contributed by atoms with Gasteiger partial charge in [-0.25, -0.2) is 0 Å². The van der Waals surface area contributed by atoms with Gasteiger partial charge in [0.1, 0.15) is 0 Å². The third-order valence-electron chi connectivity index (χ3n) is 3.62. The predicted molar refractivity (Wildman–Crippen MR) is 82.4 cm³/mol. The number of hydrogen-bond acceptors (Lipinski definition) is 4. The van der Waals surface area contributed by atoms with Crippen molar-refractivity contribution in [1.82, 2.24) is 15.1 Å². The minimum absolute atomic E-state index is 0.0211. The number of benzene rings is 1. The molecular formula is C15H22N4O2. The van der Waals surface area contributed by atoms with E-state index in [1.54, 1.807) is 31.3 Å². The number of amides is 2. The first-order valence-corrected chi connectivity index (χ1v) is 7.11. The third kappa shape index (κ3) is 4.54. The van der Waals surface area contributed by atoms with Gasteiger partial charge in [-0.1, -0.05) is 0 Å². The molecule has 1 heterocycles. The minimum Gasteiger partial charge on any atom is -0.355 e. The topological polar surface area (TPSA) is 64.7 Å². The van der Waals surface area contributed by atoms with Crippen LogP contribution in [0.3, 0.4) is 0 Å². The summed E-state index contributed by atoms with van der Waals surface area (Å²) in [6, 6.07) is 6.88. The molecule has 0 aromatic heterocycles. The van der Waals surface area contributed by atoms with Crippen LogP contribution in [0.1, 0.15) is 10.4 Å². The van der Waals surface area contributed by atoms with Crippen LogP contribution < -0.4 is 10.6 Å². The van der Waals surface area contributed by atoms with Crippen molar-refractivity contribution in [2.75, 3.05) is 52.1 Å². The first-order chi connectivity index (χ1) is 10.1. The van der Waals surface area contributed by atoms with Gasteiger partial charge in [-0.05, 0) is 31.3 Å². The molecule has 1 fully saturated rings. The fourth-order valence-electron chi connectivity index (χ4n) is 2.26. The average molecular weight is 290 g/mol. The van der Waals surface area contributed by atoms with Crippen molar-refractivity contribution in [3.8, 4) is 0 Å². The molecule has 0 radical (unpaired) electrons. The molecule has 0 aliphatic carbocycles. The van der Waals surface area contributed by atoms with Crippen molar-refractivity contribution in [3.05, 3.63) is 29.8 Å². The number of carbonyl (C=O) groups is 2. The van der Waals surface area contributed by atoms with Crippen LogP contribution >= 0.6 is 0 Å². The Kier molecular flexibility index (Phi) is 5.30. The summed E-state index contributed by atoms with van der Waals surface area (Å²) in [5.41, 5.74) is 1.29. The number of anilines is 1. The Bertz CT molecular complexity index is 493. The highest BCUT2D eigenvalue weighted by Crippen LogP contribution is 2.10. The van der Waals surface area contributed by atoms with Crippen LogP contribution in [0.15, 0.2) is 24.3 Å². The van der Waals surface area contributed by atoms with Crippen molar-refractivity contribution >= 4 is 17.5 Å². The maximum absolute atomic E-state index is 12.0. The molecule has 6 heteroatoms. The largest absolute Gasteiger partial charge is 0.355 e. The molecule has 6 nitrogen and oxygen atoms in total. The fourth-order valence-corrected chi connectivity index (χ4v) is 2.26. The molecule has 1 aliphatic rings. The van der Waals surface area contributed by atoms with Crippen LogP contribution in [0.2, 0.25) is 0 Å². The van der Waals surface area contributed by atoms with Gasteiger partial charge in [0.2, 0.25) is 5.91 Å². The second-order valence-electron chi connectivity index (χ2n) is 5.28. The van der Waals surface area contributed by atoms with Gasteiger partial charge in [-0.3, -0.25) is 14.5 Å². The molecule has 2 rings (SSSR count). The maximum atomic E-state index is 12.0. The molecule has 2 amide bonds. The van der Waals surface area contributed by atoms with Crippen molar-refractivity contribution in [2.24, 2.45) is 0 Å². The van der Waals surface area contributed by atoms with Gasteiger partial charge in [-0.2, -0.15) is 0 Å². The first-order valence-electron chi connectivity index (χ1n) is 7.11. The number of piperazine rings is 1. The number of nitrogens with one attached hydrogen (secondary N) is 2. The van der Waals surface area contributed by atoms with Crippen LogP contribution in [-0.4, -0.2) is 68.4 Å². The van der Waals surface area contributed by atoms with Gasteiger partial charge >= 0.3 is 0 Å². The smallest absolute Gasteiger partial charge is 0.251 e. The summed E-state index contributed by atoms with van der Waals surface area (Å²) in [5, 5.41) is 5.42. The van der Waals surface area contributed by atoms with Crippen molar-refractivity contribution in [2.45, 2.75) is 0 Å². The second kappa shape index (κ2) is 7.19. The molecule has 0 bridgehead atoms. The molecule has 0 atom stereocenters. The highest BCUT2D eigenvalue weighted by molar-refractivity contribution is 5.96. The van der Waals surface area contributed by atoms with E-state index >= 15 is 0 Å². The Morgan fingerprint density at radius 1 is 1.10 bits per heavy atom. The zero-order valence-corrected chi connectivity index (χ0v) is 12.6. The Morgan fingerprint density at radius 2 is 1.71 bits per heavy atom. The molecule has 21 heavy (non-hydrogen) atoms. The lowest BCUT2D eigenvalue weighted by Crippen LogP contribution is -2.47. The summed E-state index contributed by atoms with van der Waals surface area (Å²) < 4.78 is 0. The van der Waals surface area contributed by atoms with Crippen LogP contribution in [-0.2, 0) is 4.79 Å². The van der Waals surface area contributed by atoms with E-state index in [2.05, 4.69) is 27.5 Å². The van der Waals surface area contributed by atoms with Gasteiger partial charge in [0.25, 0.3) is 5.91 Å². The Hall–Kier alpha value is -1.92. The number of carbonyl (C=O) groups excluding carboxylic acids is 2. The Labute approximate surface area is 125 Å². The molecule has 0 saturated carbocycles. The molecule has 0 unspecified atom stereocenters. The van der Waals surface area contributed by atoms with Crippen LogP contribution in [0.5, 0.6) is 0 Å². The lowest BCUT2D eigenvalue weighted by molar-refractivity contribution is -0.117. The van der Waals surface area contributed by atoms with Crippen LogP contribution in [0.4, 0.5) is 5.69 Å². The van der Waals surface area contributed by atoms with Gasteiger partial charge in [0.15, 0.2) is 0 Å². The summed E-state index contributed by atoms with van der Waals surface area (Å²) in [5.74, 6) is -0.155. The summed E-state index contributed by atoms with van der Waals surface area (Å²) in [7, 11) is 3.68. The van der Waals surface area contributed by atoms with E-state index in [9.17, 15) is 9.59 Å². The lowest BCUT2D eigenvalue weighted by Gasteiger charge is -2.31. The number of likely N-dealkylation sites (N-methyl/N-ethyl adjacent to an activating group) is 1. The summed E-state index contributed by atoms with van der Waals surface area (Å²) in [6.45, 7) is 4.23. The summed E-state index contributed by atoms with van der Waals surface area (Å²) >= 11 is 0. The van der Waals surface area contributed by atoms with Crippen LogP contribution in [0, 0.1) is 0 Å². The molecule has 1 saturated heterocycles. The van der Waals surface area contributed by atoms with Gasteiger partial charge in [0, 0.05) is 44.5 Å². The van der Waals surface area contributed by atoms with E-state index < -0.39 is 0 Å². The van der Waals surface area contributed by atoms with Gasteiger partial charge < -0.3 is 15.5 Å². The number of hydrogen-bond donors (Lipinski definition) is 2. The Balaban J connectivity index is 1.83. The summed E-state index contributed by atoms with van der Waals surface area (Å²) in [4.78, 5) is 27.8. The first kappa shape index (κ1) is 15.5. The SMILES string of the molecule is CNC(=O)c1ccc(NC(=O)CN2CCN(C)CC2)cc1. The van der Waals surface area contributed by atoms with Gasteiger partial charge in [0.05, 0.1) is 6.54 Å². The molecule has 1 aromatic rings. The van der Waals surface area contributed by atoms with Crippen molar-refractivity contribution < 1.29 is 9.59 Å². The van der Waals surface area contributed by atoms with Gasteiger partial charge in [-0.15, -0.1) is 0 Å². The number of nitrogens with zero attached hydrogens (tertiary/aromatic N) is 2. The van der Waals surface area contributed by atoms with E-state index in [1.165, 1.54) is 0 Å². The highest BCUT2D eigenvalue weighted by Gasteiger charge is 2.16. The quantitative estimate of drug-likeness (QED) is 0.833. The van der Waals surface area contributed by atoms with Crippen molar-refractivity contribution in [3.63, 3.8) is 0 Å². The summed E-state index contributed by atoms with van der Waals surface area (Å²) in [6.07, 6.45) is 0. The Morgan fingerprint density at radius 3 is 2.29 bits per heavy atom. The van der Waals surface area contributed by atoms with Crippen LogP contribution in [0.25, 0.3) is 0 Å². The number of rotatable bonds is 4. The third-order valence-corrected chi connectivity index (χ3v) is 3.62. The average Bonchev–Trinajstić information content (AvgIpc) is 2.49. The normalized spacial score (nSPS) is 16.5. The van der Waals surface area contributed by atoms with Crippen molar-refractivity contribution in [1.29, 1.82) is 0 Å². The molecule has 1 aromatic carbocycles. The second-order valence-corrected chi connectivity index (χ2v) is 5.28. The molecule has 1 aliphatic heterocycles.